The van der Waals surface area contributed by atoms with Gasteiger partial charge in [-0.15, -0.1) is 0 Å². The van der Waals surface area contributed by atoms with Crippen LogP contribution in [0.4, 0.5) is 0 Å². The predicted octanol–water partition coefficient (Wildman–Crippen LogP) is 2.63. The average Bonchev–Trinajstić information content (AvgIpc) is 2.69. The maximum absolute atomic E-state index is 11.9. The van der Waals surface area contributed by atoms with Gasteiger partial charge in [0.2, 0.25) is 0 Å². The summed E-state index contributed by atoms with van der Waals surface area (Å²) in [7, 11) is 1.95. The lowest BCUT2D eigenvalue weighted by molar-refractivity contribution is 0.568. The summed E-state index contributed by atoms with van der Waals surface area (Å²) in [6.45, 7) is 2.10. The van der Waals surface area contributed by atoms with Gasteiger partial charge in [0, 0.05) is 18.9 Å². The van der Waals surface area contributed by atoms with Crippen molar-refractivity contribution in [1.29, 1.82) is 0 Å². The largest absolute Gasteiger partial charge is 0.421 e. The van der Waals surface area contributed by atoms with E-state index in [1.54, 1.807) is 0 Å². The minimum atomic E-state index is -0.360. The fraction of sp³-hybridized carbons (Fsp3) is 0.286. The molecule has 0 aliphatic rings. The van der Waals surface area contributed by atoms with Crippen LogP contribution >= 0.6 is 0 Å². The molecule has 4 nitrogen and oxygen atoms in total. The highest BCUT2D eigenvalue weighted by Crippen LogP contribution is 2.23. The smallest absolute Gasteiger partial charge is 0.364 e. The van der Waals surface area contributed by atoms with Crippen LogP contribution in [0.3, 0.4) is 0 Å². The van der Waals surface area contributed by atoms with Crippen LogP contribution in [-0.4, -0.2) is 9.55 Å². The van der Waals surface area contributed by atoms with E-state index in [1.165, 1.54) is 0 Å². The molecule has 18 heavy (non-hydrogen) atoms. The highest BCUT2D eigenvalue weighted by atomic mass is 16.4. The molecule has 2 aromatic heterocycles. The first-order chi connectivity index (χ1) is 8.72. The summed E-state index contributed by atoms with van der Waals surface area (Å²) in [5, 5.41) is 0.935. The molecule has 0 saturated carbocycles. The van der Waals surface area contributed by atoms with E-state index in [9.17, 15) is 4.79 Å². The maximum Gasteiger partial charge on any atom is 0.364 e. The van der Waals surface area contributed by atoms with Gasteiger partial charge in [0.25, 0.3) is 0 Å². The Morgan fingerprint density at radius 2 is 2.11 bits per heavy atom. The molecule has 0 N–H and O–H groups in total. The lowest BCUT2D eigenvalue weighted by Crippen LogP contribution is -2.00. The van der Waals surface area contributed by atoms with E-state index in [4.69, 9.17) is 4.42 Å². The van der Waals surface area contributed by atoms with E-state index < -0.39 is 0 Å². The van der Waals surface area contributed by atoms with Gasteiger partial charge in [-0.05, 0) is 18.6 Å². The summed E-state index contributed by atoms with van der Waals surface area (Å²) in [4.78, 5) is 16.3. The number of benzene rings is 1. The predicted molar refractivity (Wildman–Crippen MR) is 70.8 cm³/mol. The van der Waals surface area contributed by atoms with Crippen molar-refractivity contribution in [3.05, 3.63) is 40.5 Å². The van der Waals surface area contributed by atoms with E-state index >= 15 is 0 Å². The summed E-state index contributed by atoms with van der Waals surface area (Å²) in [5.41, 5.74) is 1.55. The molecule has 0 fully saturated rings. The number of hydrogen-bond acceptors (Lipinski definition) is 3. The molecule has 0 unspecified atom stereocenters. The van der Waals surface area contributed by atoms with Crippen LogP contribution in [-0.2, 0) is 13.5 Å². The normalized spacial score (nSPS) is 11.4. The monoisotopic (exact) mass is 242 g/mol. The second-order valence-corrected chi connectivity index (χ2v) is 4.42. The molecule has 0 amide bonds. The Hall–Kier alpha value is -2.10. The molecule has 0 bridgehead atoms. The van der Waals surface area contributed by atoms with Crippen molar-refractivity contribution in [3.8, 4) is 0 Å². The van der Waals surface area contributed by atoms with Crippen LogP contribution in [0.2, 0.25) is 0 Å². The van der Waals surface area contributed by atoms with Crippen molar-refractivity contribution in [1.82, 2.24) is 9.55 Å². The SMILES string of the molecule is CCCc1nc2c(=O)oc3ccccc3c2n1C. The zero-order valence-corrected chi connectivity index (χ0v) is 10.4. The third-order valence-corrected chi connectivity index (χ3v) is 3.20. The number of imidazole rings is 1. The average molecular weight is 242 g/mol. The molecule has 0 aliphatic carbocycles. The molecule has 0 atom stereocenters. The quantitative estimate of drug-likeness (QED) is 0.649. The molecule has 2 heterocycles. The minimum absolute atomic E-state index is 0.360. The van der Waals surface area contributed by atoms with Gasteiger partial charge in [-0.2, -0.15) is 0 Å². The number of para-hydroxylation sites is 1. The lowest BCUT2D eigenvalue weighted by Gasteiger charge is -2.02. The number of hydrogen-bond donors (Lipinski definition) is 0. The van der Waals surface area contributed by atoms with Gasteiger partial charge in [-0.3, -0.25) is 0 Å². The number of aromatic nitrogens is 2. The van der Waals surface area contributed by atoms with Crippen molar-refractivity contribution < 1.29 is 4.42 Å². The van der Waals surface area contributed by atoms with Gasteiger partial charge in [-0.1, -0.05) is 19.1 Å². The molecular weight excluding hydrogens is 228 g/mol. The third kappa shape index (κ3) is 1.45. The first-order valence-electron chi connectivity index (χ1n) is 6.09. The molecule has 3 aromatic rings. The number of nitrogens with zero attached hydrogens (tertiary/aromatic N) is 2. The van der Waals surface area contributed by atoms with Gasteiger partial charge in [0.15, 0.2) is 5.52 Å². The summed E-state index contributed by atoms with van der Waals surface area (Å²) in [6.07, 6.45) is 1.86. The van der Waals surface area contributed by atoms with Crippen molar-refractivity contribution in [2.24, 2.45) is 7.05 Å². The van der Waals surface area contributed by atoms with Crippen LogP contribution in [0.5, 0.6) is 0 Å². The van der Waals surface area contributed by atoms with E-state index in [1.807, 2.05) is 35.9 Å². The first kappa shape index (κ1) is 11.0. The highest BCUT2D eigenvalue weighted by molar-refractivity contribution is 6.00. The molecular formula is C14H14N2O2. The topological polar surface area (TPSA) is 48.0 Å². The molecule has 0 radical (unpaired) electrons. The van der Waals surface area contributed by atoms with E-state index in [2.05, 4.69) is 11.9 Å². The standard InChI is InChI=1S/C14H14N2O2/c1-3-6-11-15-12-13(16(11)2)9-7-4-5-8-10(9)18-14(12)17/h4-5,7-8H,3,6H2,1-2H3. The minimum Gasteiger partial charge on any atom is -0.421 e. The van der Waals surface area contributed by atoms with E-state index in [0.717, 1.165) is 29.6 Å². The van der Waals surface area contributed by atoms with Crippen LogP contribution in [0.1, 0.15) is 19.2 Å². The first-order valence-corrected chi connectivity index (χ1v) is 6.09. The van der Waals surface area contributed by atoms with Crippen molar-refractivity contribution in [2.45, 2.75) is 19.8 Å². The van der Waals surface area contributed by atoms with Crippen LogP contribution in [0, 0.1) is 0 Å². The Kier molecular flexibility index (Phi) is 2.44. The maximum atomic E-state index is 11.9. The highest BCUT2D eigenvalue weighted by Gasteiger charge is 2.14. The van der Waals surface area contributed by atoms with Crippen molar-refractivity contribution >= 4 is 22.0 Å². The Labute approximate surface area is 104 Å². The van der Waals surface area contributed by atoms with Crippen LogP contribution < -0.4 is 5.63 Å². The summed E-state index contributed by atoms with van der Waals surface area (Å²) >= 11 is 0. The van der Waals surface area contributed by atoms with Gasteiger partial charge in [-0.25, -0.2) is 9.78 Å². The van der Waals surface area contributed by atoms with E-state index in [0.29, 0.717) is 11.1 Å². The van der Waals surface area contributed by atoms with Crippen molar-refractivity contribution in [2.75, 3.05) is 0 Å². The Bertz CT molecular complexity index is 783. The van der Waals surface area contributed by atoms with Crippen LogP contribution in [0.25, 0.3) is 22.0 Å². The van der Waals surface area contributed by atoms with Gasteiger partial charge in [0.1, 0.15) is 11.4 Å². The summed E-state index contributed by atoms with van der Waals surface area (Å²) < 4.78 is 7.29. The van der Waals surface area contributed by atoms with Gasteiger partial charge in [0.05, 0.1) is 5.52 Å². The van der Waals surface area contributed by atoms with E-state index in [-0.39, 0.29) is 5.63 Å². The summed E-state index contributed by atoms with van der Waals surface area (Å²) in [6, 6.07) is 7.56. The Morgan fingerprint density at radius 1 is 1.33 bits per heavy atom. The van der Waals surface area contributed by atoms with Crippen molar-refractivity contribution in [3.63, 3.8) is 0 Å². The fourth-order valence-corrected chi connectivity index (χ4v) is 2.34. The number of aryl methyl sites for hydroxylation is 2. The van der Waals surface area contributed by atoms with Gasteiger partial charge >= 0.3 is 5.63 Å². The zero-order valence-electron chi connectivity index (χ0n) is 10.4. The molecule has 0 spiro atoms. The third-order valence-electron chi connectivity index (χ3n) is 3.20. The molecule has 3 rings (SSSR count). The van der Waals surface area contributed by atoms with Gasteiger partial charge < -0.3 is 8.98 Å². The fourth-order valence-electron chi connectivity index (χ4n) is 2.34. The lowest BCUT2D eigenvalue weighted by atomic mass is 10.2. The molecule has 0 saturated heterocycles. The Balaban J connectivity index is 2.51. The summed E-state index contributed by atoms with van der Waals surface area (Å²) in [5.74, 6) is 0.927. The second kappa shape index (κ2) is 3.98. The Morgan fingerprint density at radius 3 is 2.89 bits per heavy atom. The number of rotatable bonds is 2. The second-order valence-electron chi connectivity index (χ2n) is 4.42. The molecule has 1 aromatic carbocycles. The number of fused-ring (bicyclic) bond motifs is 3. The van der Waals surface area contributed by atoms with Crippen LogP contribution in [0.15, 0.2) is 33.5 Å². The molecule has 4 heteroatoms. The zero-order chi connectivity index (χ0) is 12.7. The molecule has 0 aliphatic heterocycles. The molecule has 92 valence electrons.